The number of hydrogen-bond donors (Lipinski definition) is 1. The van der Waals surface area contributed by atoms with Crippen LogP contribution in [0.5, 0.6) is 0 Å². The van der Waals surface area contributed by atoms with Crippen LogP contribution in [-0.2, 0) is 24.3 Å². The normalized spacial score (nSPS) is 17.0. The van der Waals surface area contributed by atoms with Crippen LogP contribution in [0.1, 0.15) is 33.6 Å². The Balaban J connectivity index is 1.79. The smallest absolute Gasteiger partial charge is 0.337 e. The summed E-state index contributed by atoms with van der Waals surface area (Å²) in [5.41, 5.74) is 0.365. The standard InChI is InChI=1S/C20H22N2O7S2/c1-28-19(24)14-9-15(20(25)29-2)11-16(10-14)21-18(23)13-5-3-7-22(12-13)31(26,27)17-6-4-8-30-17/h4,6,8-11,13H,3,5,7,12H2,1-2H3,(H,21,23). The molecule has 1 aliphatic heterocycles. The summed E-state index contributed by atoms with van der Waals surface area (Å²) in [5.74, 6) is -2.32. The number of ether oxygens (including phenoxy) is 2. The quantitative estimate of drug-likeness (QED) is 0.649. The summed E-state index contributed by atoms with van der Waals surface area (Å²) in [4.78, 5) is 36.7. The molecule has 166 valence electrons. The molecule has 1 atom stereocenters. The Bertz CT molecular complexity index is 1050. The van der Waals surface area contributed by atoms with Gasteiger partial charge >= 0.3 is 11.9 Å². The summed E-state index contributed by atoms with van der Waals surface area (Å²) in [5, 5.41) is 4.37. The van der Waals surface area contributed by atoms with E-state index in [-0.39, 0.29) is 27.6 Å². The molecular formula is C20H22N2O7S2. The molecule has 1 saturated heterocycles. The maximum Gasteiger partial charge on any atom is 0.337 e. The highest BCUT2D eigenvalue weighted by Gasteiger charge is 2.34. The van der Waals surface area contributed by atoms with E-state index in [4.69, 9.17) is 9.47 Å². The van der Waals surface area contributed by atoms with Gasteiger partial charge in [-0.3, -0.25) is 4.79 Å². The van der Waals surface area contributed by atoms with E-state index in [1.807, 2.05) is 0 Å². The Hall–Kier alpha value is -2.76. The number of benzene rings is 1. The lowest BCUT2D eigenvalue weighted by molar-refractivity contribution is -0.120. The molecule has 2 heterocycles. The zero-order valence-electron chi connectivity index (χ0n) is 17.0. The van der Waals surface area contributed by atoms with Gasteiger partial charge < -0.3 is 14.8 Å². The minimum absolute atomic E-state index is 0.0482. The topological polar surface area (TPSA) is 119 Å². The van der Waals surface area contributed by atoms with Gasteiger partial charge in [-0.05, 0) is 42.5 Å². The third-order valence-corrected chi connectivity index (χ3v) is 8.13. The number of carbonyl (C=O) groups excluding carboxylic acids is 3. The van der Waals surface area contributed by atoms with Gasteiger partial charge in [-0.1, -0.05) is 6.07 Å². The Morgan fingerprint density at radius 1 is 1.10 bits per heavy atom. The van der Waals surface area contributed by atoms with Crippen LogP contribution in [0.3, 0.4) is 0 Å². The van der Waals surface area contributed by atoms with Gasteiger partial charge in [0.05, 0.1) is 31.3 Å². The first kappa shape index (κ1) is 22.9. The van der Waals surface area contributed by atoms with Crippen molar-refractivity contribution in [3.05, 3.63) is 46.8 Å². The van der Waals surface area contributed by atoms with Crippen molar-refractivity contribution in [2.24, 2.45) is 5.92 Å². The molecule has 1 unspecified atom stereocenters. The number of carbonyl (C=O) groups is 3. The van der Waals surface area contributed by atoms with E-state index in [0.29, 0.717) is 19.4 Å². The average Bonchev–Trinajstić information content (AvgIpc) is 3.33. The number of methoxy groups -OCH3 is 2. The van der Waals surface area contributed by atoms with Gasteiger partial charge in [0.15, 0.2) is 0 Å². The zero-order chi connectivity index (χ0) is 22.6. The van der Waals surface area contributed by atoms with Crippen LogP contribution in [0, 0.1) is 5.92 Å². The van der Waals surface area contributed by atoms with Gasteiger partial charge in [0.25, 0.3) is 10.0 Å². The molecule has 31 heavy (non-hydrogen) atoms. The summed E-state index contributed by atoms with van der Waals surface area (Å²) in [7, 11) is -1.24. The van der Waals surface area contributed by atoms with Gasteiger partial charge in [-0.2, -0.15) is 4.31 Å². The van der Waals surface area contributed by atoms with Crippen LogP contribution < -0.4 is 5.32 Å². The van der Waals surface area contributed by atoms with E-state index in [0.717, 1.165) is 11.3 Å². The van der Waals surface area contributed by atoms with Crippen LogP contribution in [-0.4, -0.2) is 57.9 Å². The van der Waals surface area contributed by atoms with E-state index in [2.05, 4.69) is 5.32 Å². The summed E-state index contributed by atoms with van der Waals surface area (Å²) in [6.07, 6.45) is 1.06. The Labute approximate surface area is 184 Å². The second-order valence-corrected chi connectivity index (χ2v) is 10.0. The first-order valence-electron chi connectivity index (χ1n) is 9.42. The first-order chi connectivity index (χ1) is 14.8. The third-order valence-electron chi connectivity index (χ3n) is 4.89. The molecule has 0 spiro atoms. The predicted molar refractivity (Wildman–Crippen MR) is 114 cm³/mol. The lowest BCUT2D eigenvalue weighted by Crippen LogP contribution is -2.43. The molecule has 2 aromatic rings. The van der Waals surface area contributed by atoms with E-state index >= 15 is 0 Å². The largest absolute Gasteiger partial charge is 0.465 e. The Kier molecular flexibility index (Phi) is 7.08. The van der Waals surface area contributed by atoms with Crippen molar-refractivity contribution in [3.8, 4) is 0 Å². The molecule has 11 heteroatoms. The van der Waals surface area contributed by atoms with Gasteiger partial charge in [0, 0.05) is 18.8 Å². The number of amides is 1. The van der Waals surface area contributed by atoms with E-state index in [9.17, 15) is 22.8 Å². The molecule has 1 amide bonds. The fraction of sp³-hybridized carbons (Fsp3) is 0.350. The predicted octanol–water partition coefficient (Wildman–Crippen LogP) is 2.36. The van der Waals surface area contributed by atoms with E-state index in [1.165, 1.54) is 42.8 Å². The monoisotopic (exact) mass is 466 g/mol. The molecular weight excluding hydrogens is 444 g/mol. The van der Waals surface area contributed by atoms with Gasteiger partial charge in [0.2, 0.25) is 5.91 Å². The van der Waals surface area contributed by atoms with Crippen molar-refractivity contribution in [2.75, 3.05) is 32.6 Å². The Morgan fingerprint density at radius 2 is 1.74 bits per heavy atom. The number of sulfonamides is 1. The number of rotatable bonds is 6. The van der Waals surface area contributed by atoms with Crippen molar-refractivity contribution < 1.29 is 32.3 Å². The van der Waals surface area contributed by atoms with Crippen molar-refractivity contribution in [2.45, 2.75) is 17.1 Å². The van der Waals surface area contributed by atoms with Gasteiger partial charge in [-0.25, -0.2) is 18.0 Å². The molecule has 0 bridgehead atoms. The fourth-order valence-electron chi connectivity index (χ4n) is 3.33. The molecule has 0 radical (unpaired) electrons. The van der Waals surface area contributed by atoms with Crippen LogP contribution in [0.25, 0.3) is 0 Å². The summed E-state index contributed by atoms with van der Waals surface area (Å²) >= 11 is 1.13. The maximum absolute atomic E-state index is 12.9. The molecule has 3 rings (SSSR count). The lowest BCUT2D eigenvalue weighted by atomic mass is 9.98. The number of nitrogens with zero attached hydrogens (tertiary/aromatic N) is 1. The number of esters is 2. The van der Waals surface area contributed by atoms with Crippen molar-refractivity contribution in [3.63, 3.8) is 0 Å². The summed E-state index contributed by atoms with van der Waals surface area (Å²) in [6, 6.07) is 7.29. The average molecular weight is 467 g/mol. The van der Waals surface area contributed by atoms with Crippen LogP contribution >= 0.6 is 11.3 Å². The second-order valence-electron chi connectivity index (χ2n) is 6.91. The van der Waals surface area contributed by atoms with E-state index in [1.54, 1.807) is 11.4 Å². The third kappa shape index (κ3) is 5.12. The van der Waals surface area contributed by atoms with Crippen LogP contribution in [0.15, 0.2) is 39.9 Å². The molecule has 1 fully saturated rings. The highest BCUT2D eigenvalue weighted by molar-refractivity contribution is 7.91. The van der Waals surface area contributed by atoms with Crippen molar-refractivity contribution in [1.82, 2.24) is 4.31 Å². The van der Waals surface area contributed by atoms with E-state index < -0.39 is 33.8 Å². The van der Waals surface area contributed by atoms with Crippen molar-refractivity contribution in [1.29, 1.82) is 0 Å². The molecule has 1 aliphatic rings. The van der Waals surface area contributed by atoms with Crippen LogP contribution in [0.2, 0.25) is 0 Å². The summed E-state index contributed by atoms with van der Waals surface area (Å²) in [6.45, 7) is 0.390. The van der Waals surface area contributed by atoms with Crippen LogP contribution in [0.4, 0.5) is 5.69 Å². The molecule has 1 aromatic heterocycles. The number of piperidine rings is 1. The highest BCUT2D eigenvalue weighted by atomic mass is 32.2. The second kappa shape index (κ2) is 9.58. The Morgan fingerprint density at radius 3 is 2.29 bits per heavy atom. The number of nitrogens with one attached hydrogen (secondary N) is 1. The maximum atomic E-state index is 12.9. The zero-order valence-corrected chi connectivity index (χ0v) is 18.6. The summed E-state index contributed by atoms with van der Waals surface area (Å²) < 4.78 is 36.5. The minimum atomic E-state index is -3.65. The molecule has 1 aromatic carbocycles. The fourth-order valence-corrected chi connectivity index (χ4v) is 6.00. The number of anilines is 1. The highest BCUT2D eigenvalue weighted by Crippen LogP contribution is 2.27. The SMILES string of the molecule is COC(=O)c1cc(NC(=O)C2CCCN(S(=O)(=O)c3cccs3)C2)cc(C(=O)OC)c1. The van der Waals surface area contributed by atoms with Gasteiger partial charge in [-0.15, -0.1) is 11.3 Å². The molecule has 0 aliphatic carbocycles. The van der Waals surface area contributed by atoms with Crippen molar-refractivity contribution >= 4 is 44.9 Å². The molecule has 0 saturated carbocycles. The minimum Gasteiger partial charge on any atom is -0.465 e. The van der Waals surface area contributed by atoms with Gasteiger partial charge in [0.1, 0.15) is 4.21 Å². The lowest BCUT2D eigenvalue weighted by Gasteiger charge is -2.30. The number of thiophene rings is 1. The number of hydrogen-bond acceptors (Lipinski definition) is 8. The molecule has 9 nitrogen and oxygen atoms in total. The first-order valence-corrected chi connectivity index (χ1v) is 11.7. The molecule has 1 N–H and O–H groups in total.